The van der Waals surface area contributed by atoms with Crippen LogP contribution >= 0.6 is 23.1 Å². The van der Waals surface area contributed by atoms with Crippen LogP contribution < -0.4 is 15.5 Å². The first-order chi connectivity index (χ1) is 18.6. The zero-order valence-electron chi connectivity index (χ0n) is 20.6. The maximum Gasteiger partial charge on any atom is 0.290 e. The van der Waals surface area contributed by atoms with Gasteiger partial charge in [0.15, 0.2) is 0 Å². The van der Waals surface area contributed by atoms with Crippen LogP contribution in [0.25, 0.3) is 28.2 Å². The van der Waals surface area contributed by atoms with E-state index in [1.165, 1.54) is 11.1 Å². The van der Waals surface area contributed by atoms with Gasteiger partial charge in [-0.2, -0.15) is 11.3 Å². The fraction of sp³-hybridized carbons (Fsp3) is 0.250. The number of anilines is 1. The number of rotatable bonds is 7. The number of para-hydroxylation sites is 1. The molecule has 10 heteroatoms. The van der Waals surface area contributed by atoms with Crippen molar-refractivity contribution in [1.29, 1.82) is 0 Å². The molecule has 0 bridgehead atoms. The van der Waals surface area contributed by atoms with Gasteiger partial charge < -0.3 is 10.2 Å². The second kappa shape index (κ2) is 11.0. The van der Waals surface area contributed by atoms with E-state index in [1.807, 2.05) is 6.07 Å². The van der Waals surface area contributed by atoms with Crippen LogP contribution in [0.15, 0.2) is 64.3 Å². The lowest BCUT2D eigenvalue weighted by molar-refractivity contribution is -0.115. The lowest BCUT2D eigenvalue weighted by Crippen LogP contribution is -2.38. The van der Waals surface area contributed by atoms with Crippen LogP contribution in [-0.2, 0) is 11.3 Å². The second-order valence-electron chi connectivity index (χ2n) is 9.40. The highest BCUT2D eigenvalue weighted by Crippen LogP contribution is 2.28. The molecular weight excluding hydrogens is 516 g/mol. The summed E-state index contributed by atoms with van der Waals surface area (Å²) in [6.45, 7) is 3.46. The van der Waals surface area contributed by atoms with Gasteiger partial charge in [0.25, 0.3) is 11.1 Å². The highest BCUT2D eigenvalue weighted by molar-refractivity contribution is 8.18. The molecule has 0 aliphatic carbocycles. The molecule has 2 amide bonds. The molecule has 6 rings (SSSR count). The van der Waals surface area contributed by atoms with Gasteiger partial charge in [0, 0.05) is 42.2 Å². The van der Waals surface area contributed by atoms with Crippen LogP contribution in [0.4, 0.5) is 10.7 Å². The lowest BCUT2D eigenvalue weighted by Gasteiger charge is -2.32. The number of thiophene rings is 1. The van der Waals surface area contributed by atoms with E-state index in [0.29, 0.717) is 22.5 Å². The number of carbonyl (C=O) groups is 2. The molecule has 0 radical (unpaired) electrons. The van der Waals surface area contributed by atoms with E-state index in [9.17, 15) is 9.59 Å². The van der Waals surface area contributed by atoms with Crippen molar-refractivity contribution in [3.63, 3.8) is 0 Å². The number of fused-ring (bicyclic) bond motifs is 1. The Kier molecular flexibility index (Phi) is 7.17. The molecule has 0 atom stereocenters. The average molecular weight is 543 g/mol. The minimum absolute atomic E-state index is 0.355. The molecule has 192 valence electrons. The molecule has 2 fully saturated rings. The topological polar surface area (TPSA) is 100 Å². The van der Waals surface area contributed by atoms with Crippen molar-refractivity contribution in [2.75, 3.05) is 24.5 Å². The quantitative estimate of drug-likeness (QED) is 0.312. The Balaban J connectivity index is 1.06. The average Bonchev–Trinajstić information content (AvgIpc) is 3.58. The second-order valence-corrected chi connectivity index (χ2v) is 11.2. The number of piperidine rings is 1. The smallest absolute Gasteiger partial charge is 0.290 e. The van der Waals surface area contributed by atoms with Crippen molar-refractivity contribution >= 4 is 57.2 Å². The third-order valence-corrected chi connectivity index (χ3v) is 8.32. The minimum Gasteiger partial charge on any atom is -0.341 e. The summed E-state index contributed by atoms with van der Waals surface area (Å²) in [7, 11) is 0. The number of imide groups is 1. The number of nitrogens with one attached hydrogen (secondary N) is 2. The van der Waals surface area contributed by atoms with Gasteiger partial charge in [-0.05, 0) is 78.4 Å². The molecule has 0 saturated carbocycles. The van der Waals surface area contributed by atoms with Crippen LogP contribution in [-0.4, -0.2) is 45.7 Å². The lowest BCUT2D eigenvalue weighted by atomic mass is 9.96. The molecule has 3 aromatic heterocycles. The van der Waals surface area contributed by atoms with E-state index in [0.717, 1.165) is 67.4 Å². The molecule has 0 spiro atoms. The molecule has 2 saturated heterocycles. The first-order valence-electron chi connectivity index (χ1n) is 12.6. The van der Waals surface area contributed by atoms with E-state index in [-0.39, 0.29) is 11.1 Å². The Morgan fingerprint density at radius 1 is 1.11 bits per heavy atom. The number of hydrogen-bond donors (Lipinski definition) is 2. The monoisotopic (exact) mass is 542 g/mol. The number of hydrogen-bond acceptors (Lipinski definition) is 9. The number of benzene rings is 1. The Labute approximate surface area is 228 Å². The van der Waals surface area contributed by atoms with Crippen LogP contribution in [0.5, 0.6) is 0 Å². The van der Waals surface area contributed by atoms with E-state index in [2.05, 4.69) is 66.6 Å². The van der Waals surface area contributed by atoms with Gasteiger partial charge in [-0.3, -0.25) is 14.9 Å². The van der Waals surface area contributed by atoms with E-state index < -0.39 is 0 Å². The summed E-state index contributed by atoms with van der Waals surface area (Å²) < 4.78 is 0. The summed E-state index contributed by atoms with van der Waals surface area (Å²) in [5.74, 6) is 0.845. The summed E-state index contributed by atoms with van der Waals surface area (Å²) in [6.07, 6.45) is 5.42. The molecule has 1 aromatic carbocycles. The summed E-state index contributed by atoms with van der Waals surface area (Å²) in [4.78, 5) is 39.8. The Bertz CT molecular complexity index is 1510. The van der Waals surface area contributed by atoms with E-state index in [1.54, 1.807) is 29.7 Å². The summed E-state index contributed by atoms with van der Waals surface area (Å²) in [5, 5.41) is 11.0. The molecular formula is C28H26N6O2S2. The molecule has 8 nitrogen and oxygen atoms in total. The van der Waals surface area contributed by atoms with E-state index in [4.69, 9.17) is 4.98 Å². The highest BCUT2D eigenvalue weighted by atomic mass is 32.2. The van der Waals surface area contributed by atoms with Gasteiger partial charge >= 0.3 is 0 Å². The Morgan fingerprint density at radius 2 is 1.97 bits per heavy atom. The molecule has 2 aliphatic heterocycles. The Morgan fingerprint density at radius 3 is 2.76 bits per heavy atom. The number of pyridine rings is 1. The summed E-state index contributed by atoms with van der Waals surface area (Å²) in [5.41, 5.74) is 5.08. The zero-order valence-corrected chi connectivity index (χ0v) is 22.2. The van der Waals surface area contributed by atoms with Gasteiger partial charge in [0.2, 0.25) is 5.95 Å². The Hall–Kier alpha value is -3.60. The summed E-state index contributed by atoms with van der Waals surface area (Å²) in [6, 6.07) is 14.4. The van der Waals surface area contributed by atoms with Crippen molar-refractivity contribution in [3.8, 4) is 11.3 Å². The van der Waals surface area contributed by atoms with Crippen LogP contribution in [0.1, 0.15) is 24.1 Å². The van der Waals surface area contributed by atoms with Gasteiger partial charge in [-0.25, -0.2) is 15.0 Å². The number of carbonyl (C=O) groups excluding carboxylic acids is 2. The fourth-order valence-corrected chi connectivity index (χ4v) is 6.15. The molecule has 2 aliphatic rings. The first kappa shape index (κ1) is 24.7. The van der Waals surface area contributed by atoms with Crippen LogP contribution in [0.3, 0.4) is 0 Å². The highest BCUT2D eigenvalue weighted by Gasteiger charge is 2.26. The van der Waals surface area contributed by atoms with Crippen molar-refractivity contribution in [1.82, 2.24) is 25.6 Å². The van der Waals surface area contributed by atoms with E-state index >= 15 is 0 Å². The van der Waals surface area contributed by atoms with Gasteiger partial charge in [-0.1, -0.05) is 18.2 Å². The largest absolute Gasteiger partial charge is 0.341 e. The molecule has 5 heterocycles. The first-order valence-corrected chi connectivity index (χ1v) is 14.3. The standard InChI is InChI=1S/C28H26N6O2S2/c35-26-24(38-28(36)33-26)14-22-5-9-30-27(31-22)34-10-6-18(7-11-34)15-29-16-21-13-19-3-1-2-4-23(19)32-25(21)20-8-12-37-17-20/h1-5,8-9,12-14,17-18,29H,6-7,10-11,15-16H2,(H,33,35,36). The minimum atomic E-state index is -0.379. The van der Waals surface area contributed by atoms with Gasteiger partial charge in [0.05, 0.1) is 21.8 Å². The molecule has 4 aromatic rings. The van der Waals surface area contributed by atoms with Crippen molar-refractivity contribution in [2.45, 2.75) is 19.4 Å². The summed E-state index contributed by atoms with van der Waals surface area (Å²) >= 11 is 2.59. The molecule has 0 unspecified atom stereocenters. The SMILES string of the molecule is O=C1NC(=O)C(=Cc2ccnc(N3CCC(CNCc4cc5ccccc5nc4-c4ccsc4)CC3)n2)S1. The maximum atomic E-state index is 11.8. The van der Waals surface area contributed by atoms with Crippen molar-refractivity contribution in [3.05, 3.63) is 75.6 Å². The van der Waals surface area contributed by atoms with Crippen LogP contribution in [0, 0.1) is 5.92 Å². The van der Waals surface area contributed by atoms with Gasteiger partial charge in [0.1, 0.15) is 0 Å². The molecule has 38 heavy (non-hydrogen) atoms. The van der Waals surface area contributed by atoms with Crippen molar-refractivity contribution < 1.29 is 9.59 Å². The number of thioether (sulfide) groups is 1. The fourth-order valence-electron chi connectivity index (χ4n) is 4.84. The zero-order chi connectivity index (χ0) is 25.9. The van der Waals surface area contributed by atoms with Crippen LogP contribution in [0.2, 0.25) is 0 Å². The van der Waals surface area contributed by atoms with Crippen molar-refractivity contribution in [2.24, 2.45) is 5.92 Å². The predicted molar refractivity (Wildman–Crippen MR) is 153 cm³/mol. The number of nitrogens with zero attached hydrogens (tertiary/aromatic N) is 4. The third-order valence-electron chi connectivity index (χ3n) is 6.83. The molecule has 2 N–H and O–H groups in total. The number of aromatic nitrogens is 3. The normalized spacial score (nSPS) is 17.5. The third kappa shape index (κ3) is 5.47. The van der Waals surface area contributed by atoms with Gasteiger partial charge in [-0.15, -0.1) is 0 Å². The maximum absolute atomic E-state index is 11.8. The predicted octanol–water partition coefficient (Wildman–Crippen LogP) is 5.08. The number of amides is 2.